The highest BCUT2D eigenvalue weighted by Gasteiger charge is 2.27. The number of benzene rings is 1. The Hall–Kier alpha value is -2.23. The Morgan fingerprint density at radius 3 is 1.71 bits per heavy atom. The second-order valence-corrected chi connectivity index (χ2v) is 5.18. The molecule has 1 aromatic rings. The van der Waals surface area contributed by atoms with Gasteiger partial charge < -0.3 is 5.73 Å². The third-order valence-electron chi connectivity index (χ3n) is 1.93. The summed E-state index contributed by atoms with van der Waals surface area (Å²) in [6, 6.07) is 1.38. The molecule has 0 saturated heterocycles. The van der Waals surface area contributed by atoms with E-state index in [9.17, 15) is 28.6 Å². The van der Waals surface area contributed by atoms with Crippen molar-refractivity contribution >= 4 is 26.9 Å². The fourth-order valence-electron chi connectivity index (χ4n) is 1.11. The zero-order valence-electron chi connectivity index (χ0n) is 8.48. The van der Waals surface area contributed by atoms with Crippen LogP contribution >= 0.6 is 0 Å². The molecular formula is C7H7N3O6S. The Morgan fingerprint density at radius 1 is 1.12 bits per heavy atom. The third-order valence-corrected chi connectivity index (χ3v) is 3.02. The van der Waals surface area contributed by atoms with Crippen molar-refractivity contribution in [1.82, 2.24) is 0 Å². The van der Waals surface area contributed by atoms with Gasteiger partial charge in [0.15, 0.2) is 15.5 Å². The van der Waals surface area contributed by atoms with Crippen molar-refractivity contribution in [3.05, 3.63) is 32.4 Å². The largest absolute Gasteiger partial charge is 0.387 e. The molecule has 1 aromatic carbocycles. The van der Waals surface area contributed by atoms with Crippen molar-refractivity contribution in [2.24, 2.45) is 0 Å². The molecule has 0 aromatic heterocycles. The maximum Gasteiger partial charge on any atom is 0.300 e. The van der Waals surface area contributed by atoms with E-state index in [4.69, 9.17) is 5.73 Å². The van der Waals surface area contributed by atoms with E-state index in [0.717, 1.165) is 6.26 Å². The molecule has 0 saturated carbocycles. The van der Waals surface area contributed by atoms with Crippen molar-refractivity contribution in [3.8, 4) is 0 Å². The van der Waals surface area contributed by atoms with E-state index < -0.39 is 41.6 Å². The summed E-state index contributed by atoms with van der Waals surface area (Å²) in [7, 11) is -3.80. The van der Waals surface area contributed by atoms with E-state index in [2.05, 4.69) is 0 Å². The monoisotopic (exact) mass is 261 g/mol. The van der Waals surface area contributed by atoms with Gasteiger partial charge in [0.25, 0.3) is 0 Å². The average Bonchev–Trinajstić information content (AvgIpc) is 2.14. The van der Waals surface area contributed by atoms with Gasteiger partial charge in [-0.3, -0.25) is 20.2 Å². The van der Waals surface area contributed by atoms with Gasteiger partial charge in [-0.15, -0.1) is 0 Å². The summed E-state index contributed by atoms with van der Waals surface area (Å²) in [5, 5.41) is 21.2. The van der Waals surface area contributed by atoms with Gasteiger partial charge in [0, 0.05) is 18.4 Å². The number of nitrogens with two attached hydrogens (primary N) is 1. The molecular weight excluding hydrogens is 254 g/mol. The van der Waals surface area contributed by atoms with Gasteiger partial charge in [-0.25, -0.2) is 8.42 Å². The highest BCUT2D eigenvalue weighted by Crippen LogP contribution is 2.34. The maximum absolute atomic E-state index is 11.2. The van der Waals surface area contributed by atoms with E-state index >= 15 is 0 Å². The average molecular weight is 261 g/mol. The first-order valence-corrected chi connectivity index (χ1v) is 5.96. The Labute approximate surface area is 95.1 Å². The standard InChI is InChI=1S/C7H7N3O6S/c1-17(15,16)4-2-5(9(11)12)7(8)6(3-4)10(13)14/h2-3H,8H2,1H3. The van der Waals surface area contributed by atoms with Crippen LogP contribution < -0.4 is 5.73 Å². The number of hydrogen-bond acceptors (Lipinski definition) is 7. The summed E-state index contributed by atoms with van der Waals surface area (Å²) in [6.45, 7) is 0. The van der Waals surface area contributed by atoms with Crippen LogP contribution in [0.3, 0.4) is 0 Å². The van der Waals surface area contributed by atoms with Crippen LogP contribution in [-0.2, 0) is 9.84 Å². The maximum atomic E-state index is 11.2. The van der Waals surface area contributed by atoms with Crippen LogP contribution in [0, 0.1) is 20.2 Å². The molecule has 0 fully saturated rings. The lowest BCUT2D eigenvalue weighted by atomic mass is 10.2. The summed E-state index contributed by atoms with van der Waals surface area (Å²) < 4.78 is 22.4. The second-order valence-electron chi connectivity index (χ2n) is 3.16. The van der Waals surface area contributed by atoms with Crippen LogP contribution in [0.5, 0.6) is 0 Å². The molecule has 0 heterocycles. The smallest absolute Gasteiger partial charge is 0.300 e. The lowest BCUT2D eigenvalue weighted by molar-refractivity contribution is -0.392. The Balaban J connectivity index is 3.71. The van der Waals surface area contributed by atoms with Gasteiger partial charge >= 0.3 is 11.4 Å². The molecule has 0 atom stereocenters. The summed E-state index contributed by atoms with van der Waals surface area (Å²) in [4.78, 5) is 18.7. The summed E-state index contributed by atoms with van der Waals surface area (Å²) in [6.07, 6.45) is 0.784. The minimum atomic E-state index is -3.80. The molecule has 0 spiro atoms. The molecule has 9 nitrogen and oxygen atoms in total. The van der Waals surface area contributed by atoms with Gasteiger partial charge in [0.05, 0.1) is 14.7 Å². The molecule has 10 heteroatoms. The molecule has 0 unspecified atom stereocenters. The first-order valence-electron chi connectivity index (χ1n) is 4.07. The second kappa shape index (κ2) is 3.97. The number of nitro benzene ring substituents is 2. The van der Waals surface area contributed by atoms with Crippen LogP contribution in [0.2, 0.25) is 0 Å². The van der Waals surface area contributed by atoms with Gasteiger partial charge in [-0.1, -0.05) is 0 Å². The van der Waals surface area contributed by atoms with Gasteiger partial charge in [0.2, 0.25) is 0 Å². The van der Waals surface area contributed by atoms with Crippen molar-refractivity contribution < 1.29 is 18.3 Å². The highest BCUT2D eigenvalue weighted by atomic mass is 32.2. The van der Waals surface area contributed by atoms with Crippen LogP contribution in [-0.4, -0.2) is 24.5 Å². The van der Waals surface area contributed by atoms with E-state index in [1.807, 2.05) is 0 Å². The summed E-state index contributed by atoms with van der Waals surface area (Å²) >= 11 is 0. The van der Waals surface area contributed by atoms with Gasteiger partial charge in [-0.2, -0.15) is 0 Å². The molecule has 0 aliphatic rings. The summed E-state index contributed by atoms with van der Waals surface area (Å²) in [5.41, 5.74) is 2.93. The molecule has 2 N–H and O–H groups in total. The molecule has 0 aliphatic carbocycles. The summed E-state index contributed by atoms with van der Waals surface area (Å²) in [5.74, 6) is 0. The first kappa shape index (κ1) is 12.8. The Morgan fingerprint density at radius 2 is 1.47 bits per heavy atom. The van der Waals surface area contributed by atoms with Gasteiger partial charge in [-0.05, 0) is 0 Å². The lowest BCUT2D eigenvalue weighted by Crippen LogP contribution is -2.05. The minimum absolute atomic E-state index is 0.523. The zero-order valence-corrected chi connectivity index (χ0v) is 9.30. The fourth-order valence-corrected chi connectivity index (χ4v) is 1.77. The predicted molar refractivity (Wildman–Crippen MR) is 57.3 cm³/mol. The number of nitrogen functional groups attached to an aromatic ring is 1. The van der Waals surface area contributed by atoms with E-state index in [1.165, 1.54) is 0 Å². The van der Waals surface area contributed by atoms with Crippen LogP contribution in [0.1, 0.15) is 0 Å². The normalized spacial score (nSPS) is 11.1. The lowest BCUT2D eigenvalue weighted by Gasteiger charge is -2.02. The number of hydrogen-bond donors (Lipinski definition) is 1. The molecule has 0 aliphatic heterocycles. The van der Waals surface area contributed by atoms with Crippen molar-refractivity contribution in [1.29, 1.82) is 0 Å². The fraction of sp³-hybridized carbons (Fsp3) is 0.143. The Bertz CT molecular complexity index is 573. The number of rotatable bonds is 3. The number of nitro groups is 2. The number of nitrogens with zero attached hydrogens (tertiary/aromatic N) is 2. The van der Waals surface area contributed by atoms with Crippen molar-refractivity contribution in [2.75, 3.05) is 12.0 Å². The van der Waals surface area contributed by atoms with E-state index in [1.54, 1.807) is 0 Å². The SMILES string of the molecule is CS(=O)(=O)c1cc([N+](=O)[O-])c(N)c([N+](=O)[O-])c1. The molecule has 17 heavy (non-hydrogen) atoms. The predicted octanol–water partition coefficient (Wildman–Crippen LogP) is 0.489. The number of sulfone groups is 1. The quantitative estimate of drug-likeness (QED) is 0.473. The minimum Gasteiger partial charge on any atom is -0.387 e. The topological polar surface area (TPSA) is 146 Å². The molecule has 92 valence electrons. The van der Waals surface area contributed by atoms with Crippen LogP contribution in [0.4, 0.5) is 17.1 Å². The van der Waals surface area contributed by atoms with Gasteiger partial charge in [0.1, 0.15) is 0 Å². The first-order chi connectivity index (χ1) is 7.64. The van der Waals surface area contributed by atoms with E-state index in [-0.39, 0.29) is 0 Å². The Kier molecular flexibility index (Phi) is 3.00. The molecule has 0 radical (unpaired) electrons. The van der Waals surface area contributed by atoms with Crippen LogP contribution in [0.15, 0.2) is 17.0 Å². The molecule has 0 bridgehead atoms. The van der Waals surface area contributed by atoms with Crippen LogP contribution in [0.25, 0.3) is 0 Å². The zero-order chi connectivity index (χ0) is 13.4. The highest BCUT2D eigenvalue weighted by molar-refractivity contribution is 7.90. The van der Waals surface area contributed by atoms with E-state index in [0.29, 0.717) is 12.1 Å². The van der Waals surface area contributed by atoms with Crippen molar-refractivity contribution in [2.45, 2.75) is 4.90 Å². The molecule has 0 amide bonds. The molecule has 1 rings (SSSR count). The number of anilines is 1. The van der Waals surface area contributed by atoms with Crippen molar-refractivity contribution in [3.63, 3.8) is 0 Å². The third kappa shape index (κ3) is 2.47.